The number of hydrogen-bond donors (Lipinski definition) is 1. The first-order chi connectivity index (χ1) is 9.24. The third kappa shape index (κ3) is 2.89. The number of rotatable bonds is 4. The quantitative estimate of drug-likeness (QED) is 0.716. The molecule has 2 nitrogen and oxygen atoms in total. The number of thiazole rings is 1. The molecule has 0 fully saturated rings. The van der Waals surface area contributed by atoms with Crippen molar-refractivity contribution in [3.63, 3.8) is 0 Å². The number of benzene rings is 1. The van der Waals surface area contributed by atoms with E-state index in [1.165, 1.54) is 14.0 Å². The minimum absolute atomic E-state index is 0.270. The molecule has 0 spiro atoms. The van der Waals surface area contributed by atoms with E-state index in [9.17, 15) is 0 Å². The summed E-state index contributed by atoms with van der Waals surface area (Å²) in [6.45, 7) is 3.04. The molecule has 0 aliphatic heterocycles. The van der Waals surface area contributed by atoms with Crippen LogP contribution in [0.5, 0.6) is 0 Å². The number of para-hydroxylation sites is 1. The van der Waals surface area contributed by atoms with Crippen LogP contribution in [0, 0.1) is 0 Å². The molecule has 19 heavy (non-hydrogen) atoms. The summed E-state index contributed by atoms with van der Waals surface area (Å²) >= 11 is 7.09. The van der Waals surface area contributed by atoms with Gasteiger partial charge in [-0.1, -0.05) is 12.1 Å². The van der Waals surface area contributed by atoms with Crippen LogP contribution in [0.25, 0.3) is 10.2 Å². The average molecular weight is 353 g/mol. The Balaban J connectivity index is 1.73. The van der Waals surface area contributed by atoms with Crippen LogP contribution in [0.1, 0.15) is 22.9 Å². The van der Waals surface area contributed by atoms with Crippen molar-refractivity contribution in [1.29, 1.82) is 0 Å². The molecule has 1 N–H and O–H groups in total. The zero-order valence-electron chi connectivity index (χ0n) is 10.4. The van der Waals surface area contributed by atoms with Crippen molar-refractivity contribution in [1.82, 2.24) is 10.3 Å². The van der Waals surface area contributed by atoms with Crippen molar-refractivity contribution in [3.8, 4) is 0 Å². The van der Waals surface area contributed by atoms with E-state index in [0.29, 0.717) is 0 Å². The smallest absolute Gasteiger partial charge is 0.111 e. The van der Waals surface area contributed by atoms with Crippen LogP contribution in [0.15, 0.2) is 40.2 Å². The van der Waals surface area contributed by atoms with E-state index in [2.05, 4.69) is 62.8 Å². The molecule has 2 aromatic heterocycles. The van der Waals surface area contributed by atoms with E-state index in [1.807, 2.05) is 6.07 Å². The van der Waals surface area contributed by atoms with E-state index in [4.69, 9.17) is 0 Å². The van der Waals surface area contributed by atoms with Gasteiger partial charge >= 0.3 is 0 Å². The van der Waals surface area contributed by atoms with Crippen LogP contribution in [-0.2, 0) is 6.54 Å². The molecule has 1 unspecified atom stereocenters. The van der Waals surface area contributed by atoms with Gasteiger partial charge in [0, 0.05) is 15.9 Å². The van der Waals surface area contributed by atoms with Crippen molar-refractivity contribution in [2.75, 3.05) is 0 Å². The number of nitrogens with one attached hydrogen (secondary N) is 1. The standard InChI is InChI=1S/C14H13BrN2S2/c1-9(16-8-13-10(15)6-7-18-13)14-17-11-4-2-3-5-12(11)19-14/h2-7,9,16H,8H2,1H3. The number of halogens is 1. The van der Waals surface area contributed by atoms with Gasteiger partial charge in [0.2, 0.25) is 0 Å². The Kier molecular flexibility index (Phi) is 3.98. The molecule has 1 aromatic carbocycles. The molecular weight excluding hydrogens is 340 g/mol. The van der Waals surface area contributed by atoms with Crippen LogP contribution < -0.4 is 5.32 Å². The summed E-state index contributed by atoms with van der Waals surface area (Å²) in [6.07, 6.45) is 0. The number of fused-ring (bicyclic) bond motifs is 1. The highest BCUT2D eigenvalue weighted by atomic mass is 79.9. The van der Waals surface area contributed by atoms with Gasteiger partial charge in [0.25, 0.3) is 0 Å². The molecule has 5 heteroatoms. The Morgan fingerprint density at radius 2 is 2.16 bits per heavy atom. The molecule has 0 aliphatic carbocycles. The summed E-state index contributed by atoms with van der Waals surface area (Å²) in [5.41, 5.74) is 1.09. The molecule has 2 heterocycles. The topological polar surface area (TPSA) is 24.9 Å². The predicted molar refractivity (Wildman–Crippen MR) is 86.9 cm³/mol. The lowest BCUT2D eigenvalue weighted by molar-refractivity contribution is 0.576. The van der Waals surface area contributed by atoms with Crippen LogP contribution >= 0.6 is 38.6 Å². The van der Waals surface area contributed by atoms with Gasteiger partial charge < -0.3 is 5.32 Å². The average Bonchev–Trinajstić information content (AvgIpc) is 3.01. The number of hydrogen-bond acceptors (Lipinski definition) is 4. The Bertz CT molecular complexity index is 656. The maximum Gasteiger partial charge on any atom is 0.111 e. The van der Waals surface area contributed by atoms with E-state index in [-0.39, 0.29) is 6.04 Å². The highest BCUT2D eigenvalue weighted by Crippen LogP contribution is 2.27. The van der Waals surface area contributed by atoms with Crippen molar-refractivity contribution < 1.29 is 0 Å². The van der Waals surface area contributed by atoms with E-state index in [1.54, 1.807) is 22.7 Å². The summed E-state index contributed by atoms with van der Waals surface area (Å²) < 4.78 is 2.44. The van der Waals surface area contributed by atoms with Gasteiger partial charge in [-0.2, -0.15) is 0 Å². The van der Waals surface area contributed by atoms with Crippen LogP contribution in [0.4, 0.5) is 0 Å². The predicted octanol–water partition coefficient (Wildman–Crippen LogP) is 4.97. The summed E-state index contributed by atoms with van der Waals surface area (Å²) in [7, 11) is 0. The molecule has 0 bridgehead atoms. The number of thiophene rings is 1. The molecular formula is C14H13BrN2S2. The molecule has 0 aliphatic rings. The summed E-state index contributed by atoms with van der Waals surface area (Å²) in [6, 6.07) is 10.6. The van der Waals surface area contributed by atoms with Gasteiger partial charge in [0.05, 0.1) is 16.3 Å². The van der Waals surface area contributed by atoms with Crippen molar-refractivity contribution >= 4 is 48.8 Å². The minimum atomic E-state index is 0.270. The minimum Gasteiger partial charge on any atom is -0.303 e. The largest absolute Gasteiger partial charge is 0.303 e. The summed E-state index contributed by atoms with van der Waals surface area (Å²) in [4.78, 5) is 6.01. The lowest BCUT2D eigenvalue weighted by Crippen LogP contribution is -2.17. The maximum absolute atomic E-state index is 4.68. The van der Waals surface area contributed by atoms with E-state index in [0.717, 1.165) is 17.1 Å². The lowest BCUT2D eigenvalue weighted by Gasteiger charge is -2.10. The first-order valence-corrected chi connectivity index (χ1v) is 8.53. The number of aromatic nitrogens is 1. The van der Waals surface area contributed by atoms with Crippen LogP contribution in [0.2, 0.25) is 0 Å². The fourth-order valence-corrected chi connectivity index (χ4v) is 4.30. The van der Waals surface area contributed by atoms with Crippen molar-refractivity contribution in [2.45, 2.75) is 19.5 Å². The van der Waals surface area contributed by atoms with Gasteiger partial charge in [-0.05, 0) is 46.4 Å². The molecule has 1 atom stereocenters. The number of nitrogens with zero attached hydrogens (tertiary/aromatic N) is 1. The van der Waals surface area contributed by atoms with Crippen molar-refractivity contribution in [2.24, 2.45) is 0 Å². The van der Waals surface area contributed by atoms with E-state index < -0.39 is 0 Å². The zero-order chi connectivity index (χ0) is 13.2. The molecule has 98 valence electrons. The molecule has 0 amide bonds. The van der Waals surface area contributed by atoms with Crippen LogP contribution in [0.3, 0.4) is 0 Å². The summed E-state index contributed by atoms with van der Waals surface area (Å²) in [5, 5.41) is 6.78. The lowest BCUT2D eigenvalue weighted by atomic mass is 10.3. The van der Waals surface area contributed by atoms with Crippen LogP contribution in [-0.4, -0.2) is 4.98 Å². The normalized spacial score (nSPS) is 12.9. The first kappa shape index (κ1) is 13.2. The van der Waals surface area contributed by atoms with Crippen molar-refractivity contribution in [3.05, 3.63) is 50.1 Å². The fourth-order valence-electron chi connectivity index (χ4n) is 1.86. The Morgan fingerprint density at radius 3 is 2.89 bits per heavy atom. The fraction of sp³-hybridized carbons (Fsp3) is 0.214. The molecule has 3 aromatic rings. The summed E-state index contributed by atoms with van der Waals surface area (Å²) in [5.74, 6) is 0. The Labute approximate surface area is 128 Å². The van der Waals surface area contributed by atoms with Gasteiger partial charge in [0.1, 0.15) is 5.01 Å². The molecule has 3 rings (SSSR count). The molecule has 0 saturated carbocycles. The highest BCUT2D eigenvalue weighted by Gasteiger charge is 2.11. The monoisotopic (exact) mass is 352 g/mol. The third-order valence-electron chi connectivity index (χ3n) is 2.94. The zero-order valence-corrected chi connectivity index (χ0v) is 13.6. The Hall–Kier alpha value is -0.750. The third-order valence-corrected chi connectivity index (χ3v) is 6.09. The SMILES string of the molecule is CC(NCc1sccc1Br)c1nc2ccccc2s1. The first-order valence-electron chi connectivity index (χ1n) is 6.05. The molecule has 0 radical (unpaired) electrons. The second-order valence-corrected chi connectivity index (χ2v) is 7.23. The van der Waals surface area contributed by atoms with Gasteiger partial charge in [-0.3, -0.25) is 0 Å². The maximum atomic E-state index is 4.68. The highest BCUT2D eigenvalue weighted by molar-refractivity contribution is 9.10. The van der Waals surface area contributed by atoms with Gasteiger partial charge in [0.15, 0.2) is 0 Å². The van der Waals surface area contributed by atoms with E-state index >= 15 is 0 Å². The second kappa shape index (κ2) is 5.71. The second-order valence-electron chi connectivity index (χ2n) is 4.31. The van der Waals surface area contributed by atoms with Gasteiger partial charge in [-0.15, -0.1) is 22.7 Å². The van der Waals surface area contributed by atoms with Gasteiger partial charge in [-0.25, -0.2) is 4.98 Å². The molecule has 0 saturated heterocycles. The Morgan fingerprint density at radius 1 is 1.32 bits per heavy atom.